The van der Waals surface area contributed by atoms with E-state index in [1.165, 1.54) is 0 Å². The molecule has 5 rings (SSSR count). The van der Waals surface area contributed by atoms with Gasteiger partial charge in [0.15, 0.2) is 11.6 Å². The summed E-state index contributed by atoms with van der Waals surface area (Å²) in [5, 5.41) is 0. The molecular weight excluding hydrogens is 380 g/mol. The predicted octanol–water partition coefficient (Wildman–Crippen LogP) is 2.87. The van der Waals surface area contributed by atoms with Crippen LogP contribution in [0.4, 0.5) is 5.82 Å². The summed E-state index contributed by atoms with van der Waals surface area (Å²) >= 11 is 0. The van der Waals surface area contributed by atoms with Crippen LogP contribution in [0, 0.1) is 6.92 Å². The predicted molar refractivity (Wildman–Crippen MR) is 111 cm³/mol. The van der Waals surface area contributed by atoms with Crippen LogP contribution in [-0.2, 0) is 9.47 Å². The number of nitrogens with zero attached hydrogens (tertiary/aromatic N) is 3. The van der Waals surface area contributed by atoms with Gasteiger partial charge in [-0.2, -0.15) is 0 Å². The molecule has 2 saturated heterocycles. The van der Waals surface area contributed by atoms with E-state index in [1.54, 1.807) is 0 Å². The number of hydrogen-bond donors (Lipinski definition) is 1. The molecule has 7 nitrogen and oxygen atoms in total. The van der Waals surface area contributed by atoms with E-state index in [9.17, 15) is 0 Å². The Bertz CT molecular complexity index is 931. The minimum Gasteiger partial charge on any atom is -0.412 e. The molecule has 8 heteroatoms. The molecule has 2 aliphatic rings. The molecule has 3 N–H and O–H groups in total. The lowest BCUT2D eigenvalue weighted by atomic mass is 10.0. The number of nitrogens with one attached hydrogen (secondary N) is 1. The van der Waals surface area contributed by atoms with Gasteiger partial charge < -0.3 is 24.8 Å². The molecule has 1 spiro atoms. The van der Waals surface area contributed by atoms with Crippen molar-refractivity contribution in [2.75, 3.05) is 31.2 Å². The van der Waals surface area contributed by atoms with Crippen LogP contribution in [0.15, 0.2) is 36.4 Å². The highest BCUT2D eigenvalue weighted by Gasteiger charge is 2.40. The maximum Gasteiger partial charge on any atom is 0.171 e. The molecule has 2 fully saturated rings. The van der Waals surface area contributed by atoms with Crippen LogP contribution in [0.25, 0.3) is 22.3 Å². The highest BCUT2D eigenvalue weighted by Crippen LogP contribution is 2.35. The maximum absolute atomic E-state index is 5.85. The number of rotatable bonds is 2. The first-order valence-corrected chi connectivity index (χ1v) is 9.18. The van der Waals surface area contributed by atoms with Crippen LogP contribution < -0.4 is 4.90 Å². The van der Waals surface area contributed by atoms with E-state index >= 15 is 0 Å². The third-order valence-corrected chi connectivity index (χ3v) is 5.29. The van der Waals surface area contributed by atoms with E-state index in [4.69, 9.17) is 14.5 Å². The van der Waals surface area contributed by atoms with Gasteiger partial charge in [-0.1, -0.05) is 30.3 Å². The number of ether oxygens (including phenoxy) is 2. The lowest BCUT2D eigenvalue weighted by Crippen LogP contribution is -2.45. The molecule has 2 aromatic heterocycles. The third-order valence-electron chi connectivity index (χ3n) is 5.29. The summed E-state index contributed by atoms with van der Waals surface area (Å²) in [7, 11) is 0. The van der Waals surface area contributed by atoms with Gasteiger partial charge in [-0.25, -0.2) is 9.97 Å². The molecule has 3 aromatic rings. The van der Waals surface area contributed by atoms with Crippen molar-refractivity contribution in [3.05, 3.63) is 42.2 Å². The highest BCUT2D eigenvalue weighted by atomic mass is 35.5. The fourth-order valence-corrected chi connectivity index (χ4v) is 3.96. The second kappa shape index (κ2) is 8.05. The standard InChI is InChI=1S/C20H22N4O2.ClH.H2O/c1-14-21-17-13-16(15-5-3-2-4-6-15)23-18(17)19(22-14)24-9-7-20(8-10-24)25-11-12-26-20;;/h2-6,13,23H,7-12H2,1H3;1H;1H2. The van der Waals surface area contributed by atoms with E-state index in [0.29, 0.717) is 13.2 Å². The van der Waals surface area contributed by atoms with E-state index in [0.717, 1.165) is 59.9 Å². The second-order valence-electron chi connectivity index (χ2n) is 7.00. The van der Waals surface area contributed by atoms with Crippen molar-refractivity contribution in [1.29, 1.82) is 0 Å². The zero-order chi connectivity index (χ0) is 17.6. The number of anilines is 1. The van der Waals surface area contributed by atoms with Crippen LogP contribution in [0.1, 0.15) is 18.7 Å². The number of piperidine rings is 1. The van der Waals surface area contributed by atoms with Crippen molar-refractivity contribution in [3.63, 3.8) is 0 Å². The molecule has 0 amide bonds. The molecular formula is C20H25ClN4O3. The fourth-order valence-electron chi connectivity index (χ4n) is 3.96. The van der Waals surface area contributed by atoms with Crippen LogP contribution in [0.2, 0.25) is 0 Å². The smallest absolute Gasteiger partial charge is 0.171 e. The molecule has 0 atom stereocenters. The van der Waals surface area contributed by atoms with Crippen LogP contribution in [-0.4, -0.2) is 52.5 Å². The molecule has 1 aromatic carbocycles. The Balaban J connectivity index is 0.00000112. The minimum absolute atomic E-state index is 0. The Hall–Kier alpha value is -2.19. The Labute approximate surface area is 169 Å². The number of benzene rings is 1. The van der Waals surface area contributed by atoms with Crippen LogP contribution in [0.5, 0.6) is 0 Å². The van der Waals surface area contributed by atoms with Crippen molar-refractivity contribution in [1.82, 2.24) is 15.0 Å². The maximum atomic E-state index is 5.85. The lowest BCUT2D eigenvalue weighted by molar-refractivity contribution is -0.169. The van der Waals surface area contributed by atoms with Gasteiger partial charge in [-0.3, -0.25) is 0 Å². The quantitative estimate of drug-likeness (QED) is 0.708. The monoisotopic (exact) mass is 404 g/mol. The Morgan fingerprint density at radius 3 is 2.39 bits per heavy atom. The molecule has 150 valence electrons. The molecule has 4 heterocycles. The molecule has 0 unspecified atom stereocenters. The molecule has 0 aliphatic carbocycles. The minimum atomic E-state index is -0.372. The van der Waals surface area contributed by atoms with Crippen molar-refractivity contribution >= 4 is 29.3 Å². The number of aromatic amines is 1. The normalized spacial score (nSPS) is 18.1. The van der Waals surface area contributed by atoms with E-state index < -0.39 is 0 Å². The number of hydrogen-bond acceptors (Lipinski definition) is 5. The Kier molecular flexibility index (Phi) is 5.90. The molecule has 2 aliphatic heterocycles. The van der Waals surface area contributed by atoms with Gasteiger partial charge >= 0.3 is 0 Å². The number of aromatic nitrogens is 3. The zero-order valence-electron chi connectivity index (χ0n) is 15.8. The number of fused-ring (bicyclic) bond motifs is 1. The van der Waals surface area contributed by atoms with Crippen molar-refractivity contribution < 1.29 is 14.9 Å². The Morgan fingerprint density at radius 2 is 1.71 bits per heavy atom. The summed E-state index contributed by atoms with van der Waals surface area (Å²) < 4.78 is 11.7. The van der Waals surface area contributed by atoms with Crippen LogP contribution >= 0.6 is 12.4 Å². The summed E-state index contributed by atoms with van der Waals surface area (Å²) in [4.78, 5) is 15.2. The second-order valence-corrected chi connectivity index (χ2v) is 7.00. The first-order valence-electron chi connectivity index (χ1n) is 9.18. The molecule has 28 heavy (non-hydrogen) atoms. The summed E-state index contributed by atoms with van der Waals surface area (Å²) in [6.07, 6.45) is 1.73. The summed E-state index contributed by atoms with van der Waals surface area (Å²) in [6.45, 7) is 5.09. The number of aryl methyl sites for hydroxylation is 1. The van der Waals surface area contributed by atoms with Crippen molar-refractivity contribution in [2.24, 2.45) is 0 Å². The molecule has 0 bridgehead atoms. The zero-order valence-corrected chi connectivity index (χ0v) is 16.6. The van der Waals surface area contributed by atoms with E-state index in [2.05, 4.69) is 33.1 Å². The highest BCUT2D eigenvalue weighted by molar-refractivity contribution is 5.90. The topological polar surface area (TPSA) is 94.8 Å². The fraction of sp³-hybridized carbons (Fsp3) is 0.400. The lowest BCUT2D eigenvalue weighted by Gasteiger charge is -2.38. The van der Waals surface area contributed by atoms with Gasteiger partial charge in [-0.15, -0.1) is 12.4 Å². The first-order chi connectivity index (χ1) is 12.7. The van der Waals surface area contributed by atoms with Gasteiger partial charge in [0.1, 0.15) is 11.3 Å². The molecule has 0 radical (unpaired) electrons. The average molecular weight is 405 g/mol. The van der Waals surface area contributed by atoms with Crippen LogP contribution in [0.3, 0.4) is 0 Å². The number of H-pyrrole nitrogens is 1. The van der Waals surface area contributed by atoms with Crippen molar-refractivity contribution in [2.45, 2.75) is 25.6 Å². The van der Waals surface area contributed by atoms with Gasteiger partial charge in [0.05, 0.1) is 18.7 Å². The van der Waals surface area contributed by atoms with E-state index in [1.807, 2.05) is 25.1 Å². The van der Waals surface area contributed by atoms with Gasteiger partial charge in [0, 0.05) is 31.6 Å². The summed E-state index contributed by atoms with van der Waals surface area (Å²) in [6, 6.07) is 12.4. The molecule has 0 saturated carbocycles. The average Bonchev–Trinajstić information content (AvgIpc) is 3.30. The van der Waals surface area contributed by atoms with Gasteiger partial charge in [0.25, 0.3) is 0 Å². The summed E-state index contributed by atoms with van der Waals surface area (Å²) in [5.41, 5.74) is 4.18. The Morgan fingerprint density at radius 1 is 1.04 bits per heavy atom. The van der Waals surface area contributed by atoms with E-state index in [-0.39, 0.29) is 23.7 Å². The largest absolute Gasteiger partial charge is 0.412 e. The van der Waals surface area contributed by atoms with Crippen molar-refractivity contribution in [3.8, 4) is 11.3 Å². The summed E-state index contributed by atoms with van der Waals surface area (Å²) in [5.74, 6) is 1.39. The van der Waals surface area contributed by atoms with Gasteiger partial charge in [-0.05, 0) is 18.6 Å². The number of halogens is 1. The SMILES string of the molecule is Cc1nc(N2CCC3(CC2)OCCO3)c2[nH]c(-c3ccccc3)cc2n1.Cl.O. The first kappa shape index (κ1) is 20.5. The third kappa shape index (κ3) is 3.58. The van der Waals surface area contributed by atoms with Gasteiger partial charge in [0.2, 0.25) is 0 Å².